The molecule has 0 aromatic carbocycles. The molecule has 0 bridgehead atoms. The highest BCUT2D eigenvalue weighted by Crippen LogP contribution is 2.18. The van der Waals surface area contributed by atoms with Gasteiger partial charge in [-0.05, 0) is 52.9 Å². The van der Waals surface area contributed by atoms with Crippen LogP contribution in [0.4, 0.5) is 0 Å². The van der Waals surface area contributed by atoms with Gasteiger partial charge in [-0.1, -0.05) is 13.3 Å². The summed E-state index contributed by atoms with van der Waals surface area (Å²) in [5, 5.41) is 3.54. The number of unbranched alkanes of at least 4 members (excludes halogenated alkanes) is 1. The van der Waals surface area contributed by atoms with Crippen molar-refractivity contribution in [2.45, 2.75) is 59.2 Å². The molecule has 1 heterocycles. The Morgan fingerprint density at radius 1 is 1.22 bits per heavy atom. The Balaban J connectivity index is 2.38. The van der Waals surface area contributed by atoms with Crippen molar-refractivity contribution in [3.8, 4) is 0 Å². The van der Waals surface area contributed by atoms with Crippen LogP contribution in [0.5, 0.6) is 0 Å². The minimum Gasteiger partial charge on any atom is -0.307 e. The summed E-state index contributed by atoms with van der Waals surface area (Å²) in [6, 6.07) is 4.53. The lowest BCUT2D eigenvalue weighted by Crippen LogP contribution is -2.34. The van der Waals surface area contributed by atoms with E-state index in [1.165, 1.54) is 29.1 Å². The van der Waals surface area contributed by atoms with Crippen LogP contribution in [-0.4, -0.2) is 24.0 Å². The Morgan fingerprint density at radius 2 is 1.89 bits per heavy atom. The quantitative estimate of drug-likeness (QED) is 0.807. The van der Waals surface area contributed by atoms with Crippen molar-refractivity contribution in [2.75, 3.05) is 13.6 Å². The molecule has 0 aliphatic rings. The molecule has 2 nitrogen and oxygen atoms in total. The Hall–Kier alpha value is -0.380. The fraction of sp³-hybridized carbons (Fsp3) is 0.733. The molecule has 0 saturated heterocycles. The molecule has 0 unspecified atom stereocenters. The van der Waals surface area contributed by atoms with Gasteiger partial charge in [0.25, 0.3) is 0 Å². The van der Waals surface area contributed by atoms with E-state index in [4.69, 9.17) is 0 Å². The Bertz CT molecular complexity index is 339. The fourth-order valence-electron chi connectivity index (χ4n) is 1.73. The summed E-state index contributed by atoms with van der Waals surface area (Å²) in [5.41, 5.74) is 0.196. The number of hydrogen-bond acceptors (Lipinski definition) is 3. The topological polar surface area (TPSA) is 15.3 Å². The highest BCUT2D eigenvalue weighted by molar-refractivity contribution is 7.11. The lowest BCUT2D eigenvalue weighted by Gasteiger charge is -2.19. The highest BCUT2D eigenvalue weighted by Gasteiger charge is 2.09. The summed E-state index contributed by atoms with van der Waals surface area (Å²) in [6.45, 7) is 12.1. The average molecular weight is 268 g/mol. The van der Waals surface area contributed by atoms with Gasteiger partial charge in [0.05, 0.1) is 0 Å². The first-order valence-corrected chi connectivity index (χ1v) is 7.73. The first-order valence-electron chi connectivity index (χ1n) is 6.92. The molecule has 0 atom stereocenters. The minimum absolute atomic E-state index is 0.196. The number of rotatable bonds is 7. The standard InChI is InChI=1S/C15H28N2S/c1-6-7-10-17(5)12-14-9-8-13(18-14)11-16-15(2,3)4/h8-9,16H,6-7,10-12H2,1-5H3. The Morgan fingerprint density at radius 3 is 2.50 bits per heavy atom. The van der Waals surface area contributed by atoms with E-state index in [0.29, 0.717) is 0 Å². The Kier molecular flexibility index (Phi) is 6.33. The van der Waals surface area contributed by atoms with Gasteiger partial charge >= 0.3 is 0 Å². The lowest BCUT2D eigenvalue weighted by atomic mass is 10.1. The molecule has 104 valence electrons. The van der Waals surface area contributed by atoms with Crippen LogP contribution in [0.2, 0.25) is 0 Å². The molecular weight excluding hydrogens is 240 g/mol. The van der Waals surface area contributed by atoms with Crippen LogP contribution in [-0.2, 0) is 13.1 Å². The average Bonchev–Trinajstić information content (AvgIpc) is 2.70. The third-order valence-electron chi connectivity index (χ3n) is 2.83. The van der Waals surface area contributed by atoms with Crippen molar-refractivity contribution in [1.29, 1.82) is 0 Å². The van der Waals surface area contributed by atoms with Crippen molar-refractivity contribution >= 4 is 11.3 Å². The van der Waals surface area contributed by atoms with Crippen LogP contribution in [0, 0.1) is 0 Å². The molecule has 1 N–H and O–H groups in total. The molecule has 1 rings (SSSR count). The van der Waals surface area contributed by atoms with Gasteiger partial charge in [0, 0.05) is 28.4 Å². The van der Waals surface area contributed by atoms with Crippen LogP contribution < -0.4 is 5.32 Å². The van der Waals surface area contributed by atoms with Gasteiger partial charge in [-0.3, -0.25) is 0 Å². The summed E-state index contributed by atoms with van der Waals surface area (Å²) in [5.74, 6) is 0. The molecular formula is C15H28N2S. The zero-order valence-corrected chi connectivity index (χ0v) is 13.4. The molecule has 18 heavy (non-hydrogen) atoms. The van der Waals surface area contributed by atoms with E-state index in [0.717, 1.165) is 13.1 Å². The van der Waals surface area contributed by atoms with Crippen molar-refractivity contribution < 1.29 is 0 Å². The van der Waals surface area contributed by atoms with E-state index in [1.807, 2.05) is 11.3 Å². The number of nitrogens with one attached hydrogen (secondary N) is 1. The van der Waals surface area contributed by atoms with Crippen molar-refractivity contribution in [1.82, 2.24) is 10.2 Å². The first kappa shape index (κ1) is 15.7. The van der Waals surface area contributed by atoms with Crippen molar-refractivity contribution in [3.05, 3.63) is 21.9 Å². The number of thiophene rings is 1. The number of hydrogen-bond donors (Lipinski definition) is 1. The van der Waals surface area contributed by atoms with Gasteiger partial charge in [0.15, 0.2) is 0 Å². The lowest BCUT2D eigenvalue weighted by molar-refractivity contribution is 0.323. The van der Waals surface area contributed by atoms with Crippen LogP contribution >= 0.6 is 11.3 Å². The second kappa shape index (κ2) is 7.27. The van der Waals surface area contributed by atoms with Crippen molar-refractivity contribution in [3.63, 3.8) is 0 Å². The van der Waals surface area contributed by atoms with Gasteiger partial charge < -0.3 is 10.2 Å². The molecule has 0 aliphatic carbocycles. The van der Waals surface area contributed by atoms with Gasteiger partial charge in [-0.25, -0.2) is 0 Å². The molecule has 0 aliphatic heterocycles. The predicted molar refractivity (Wildman–Crippen MR) is 82.2 cm³/mol. The van der Waals surface area contributed by atoms with Gasteiger partial charge in [0.2, 0.25) is 0 Å². The fourth-order valence-corrected chi connectivity index (χ4v) is 2.77. The van der Waals surface area contributed by atoms with Crippen LogP contribution in [0.15, 0.2) is 12.1 Å². The summed E-state index contributed by atoms with van der Waals surface area (Å²) in [4.78, 5) is 5.32. The van der Waals surface area contributed by atoms with Crippen LogP contribution in [0.25, 0.3) is 0 Å². The van der Waals surface area contributed by atoms with Gasteiger partial charge in [-0.15, -0.1) is 11.3 Å². The zero-order valence-electron chi connectivity index (χ0n) is 12.5. The van der Waals surface area contributed by atoms with Crippen molar-refractivity contribution in [2.24, 2.45) is 0 Å². The molecule has 0 radical (unpaired) electrons. The summed E-state index contributed by atoms with van der Waals surface area (Å²) < 4.78 is 0. The molecule has 0 saturated carbocycles. The Labute approximate surface area is 116 Å². The summed E-state index contributed by atoms with van der Waals surface area (Å²) in [6.07, 6.45) is 2.57. The minimum atomic E-state index is 0.196. The smallest absolute Gasteiger partial charge is 0.0324 e. The molecule has 3 heteroatoms. The molecule has 0 amide bonds. The largest absolute Gasteiger partial charge is 0.307 e. The second-order valence-electron chi connectivity index (χ2n) is 6.06. The van der Waals surface area contributed by atoms with E-state index >= 15 is 0 Å². The van der Waals surface area contributed by atoms with E-state index in [2.05, 4.69) is 57.1 Å². The normalized spacial score (nSPS) is 12.3. The van der Waals surface area contributed by atoms with E-state index in [9.17, 15) is 0 Å². The van der Waals surface area contributed by atoms with Gasteiger partial charge in [-0.2, -0.15) is 0 Å². The van der Waals surface area contributed by atoms with E-state index < -0.39 is 0 Å². The monoisotopic (exact) mass is 268 g/mol. The SMILES string of the molecule is CCCCN(C)Cc1ccc(CNC(C)(C)C)s1. The predicted octanol–water partition coefficient (Wildman–Crippen LogP) is 3.87. The first-order chi connectivity index (χ1) is 8.40. The second-order valence-corrected chi connectivity index (χ2v) is 7.32. The van der Waals surface area contributed by atoms with Gasteiger partial charge in [0.1, 0.15) is 0 Å². The van der Waals surface area contributed by atoms with Crippen LogP contribution in [0.1, 0.15) is 50.3 Å². The number of nitrogens with zero attached hydrogens (tertiary/aromatic N) is 1. The van der Waals surface area contributed by atoms with Crippen LogP contribution in [0.3, 0.4) is 0 Å². The molecule has 1 aromatic rings. The van der Waals surface area contributed by atoms with E-state index in [1.54, 1.807) is 0 Å². The van der Waals surface area contributed by atoms with E-state index in [-0.39, 0.29) is 5.54 Å². The summed E-state index contributed by atoms with van der Waals surface area (Å²) in [7, 11) is 2.21. The maximum Gasteiger partial charge on any atom is 0.0324 e. The maximum absolute atomic E-state index is 3.54. The third kappa shape index (κ3) is 6.53. The maximum atomic E-state index is 3.54. The zero-order chi connectivity index (χ0) is 13.6. The third-order valence-corrected chi connectivity index (χ3v) is 3.90. The highest BCUT2D eigenvalue weighted by atomic mass is 32.1. The molecule has 0 spiro atoms. The molecule has 1 aromatic heterocycles. The molecule has 0 fully saturated rings. The summed E-state index contributed by atoms with van der Waals surface area (Å²) >= 11 is 1.93.